The summed E-state index contributed by atoms with van der Waals surface area (Å²) >= 11 is 0. The van der Waals surface area contributed by atoms with E-state index in [2.05, 4.69) is 47.6 Å². The molecule has 0 bridgehead atoms. The average molecular weight is 511 g/mol. The van der Waals surface area contributed by atoms with Crippen LogP contribution in [0.25, 0.3) is 10.9 Å². The maximum Gasteiger partial charge on any atom is 0.225 e. The van der Waals surface area contributed by atoms with Crippen molar-refractivity contribution in [2.45, 2.75) is 31.7 Å². The molecule has 0 saturated carbocycles. The Bertz CT molecular complexity index is 988. The van der Waals surface area contributed by atoms with Crippen LogP contribution in [0.2, 0.25) is 0 Å². The number of ether oxygens (including phenoxy) is 1. The van der Waals surface area contributed by atoms with E-state index in [1.165, 1.54) is 0 Å². The van der Waals surface area contributed by atoms with Gasteiger partial charge in [0, 0.05) is 37.3 Å². The second-order valence-corrected chi connectivity index (χ2v) is 9.55. The number of hydrogen-bond acceptors (Lipinski definition) is 11. The first-order valence-corrected chi connectivity index (χ1v) is 13.6. The molecule has 37 heavy (non-hydrogen) atoms. The molecule has 202 valence electrons. The highest BCUT2D eigenvalue weighted by Crippen LogP contribution is 2.24. The monoisotopic (exact) mass is 510 g/mol. The quantitative estimate of drug-likeness (QED) is 0.158. The molecule has 2 aliphatic heterocycles. The Labute approximate surface area is 219 Å². The first-order chi connectivity index (χ1) is 18.3. The fraction of sp³-hybridized carbons (Fsp3) is 0.615. The van der Waals surface area contributed by atoms with E-state index in [0.717, 1.165) is 108 Å². The van der Waals surface area contributed by atoms with Crippen molar-refractivity contribution in [1.29, 1.82) is 5.53 Å². The zero-order valence-electron chi connectivity index (χ0n) is 21.8. The molecule has 1 aromatic heterocycles. The molecule has 0 atom stereocenters. The van der Waals surface area contributed by atoms with E-state index in [-0.39, 0.29) is 0 Å². The van der Waals surface area contributed by atoms with Gasteiger partial charge in [-0.05, 0) is 70.5 Å². The lowest BCUT2D eigenvalue weighted by Gasteiger charge is -2.26. The maximum absolute atomic E-state index is 7.54. The molecule has 2 fully saturated rings. The summed E-state index contributed by atoms with van der Waals surface area (Å²) in [4.78, 5) is 11.9. The van der Waals surface area contributed by atoms with Gasteiger partial charge in [0.05, 0.1) is 31.0 Å². The van der Waals surface area contributed by atoms with Gasteiger partial charge in [0.25, 0.3) is 0 Å². The molecule has 11 nitrogen and oxygen atoms in total. The van der Waals surface area contributed by atoms with Crippen molar-refractivity contribution >= 4 is 22.7 Å². The number of fused-ring (bicyclic) bond motifs is 1. The Kier molecular flexibility index (Phi) is 11.3. The van der Waals surface area contributed by atoms with E-state index in [0.29, 0.717) is 24.2 Å². The largest absolute Gasteiger partial charge is 0.389 e. The van der Waals surface area contributed by atoms with E-state index in [1.807, 2.05) is 18.2 Å². The topological polar surface area (TPSA) is 135 Å². The molecule has 3 heterocycles. The summed E-state index contributed by atoms with van der Waals surface area (Å²) in [7, 11) is 0. The van der Waals surface area contributed by atoms with E-state index >= 15 is 0 Å². The van der Waals surface area contributed by atoms with Crippen molar-refractivity contribution in [2.24, 2.45) is 5.11 Å². The van der Waals surface area contributed by atoms with E-state index in [9.17, 15) is 0 Å². The van der Waals surface area contributed by atoms with Crippen LogP contribution in [-0.4, -0.2) is 93.0 Å². The van der Waals surface area contributed by atoms with E-state index in [4.69, 9.17) is 15.3 Å². The van der Waals surface area contributed by atoms with Crippen LogP contribution in [0.5, 0.6) is 0 Å². The second-order valence-electron chi connectivity index (χ2n) is 9.55. The lowest BCUT2D eigenvalue weighted by atomic mass is 10.1. The van der Waals surface area contributed by atoms with Gasteiger partial charge in [0.15, 0.2) is 0 Å². The fourth-order valence-electron chi connectivity index (χ4n) is 4.60. The number of rotatable bonds is 15. The van der Waals surface area contributed by atoms with Gasteiger partial charge in [0.1, 0.15) is 5.82 Å². The zero-order chi connectivity index (χ0) is 25.5. The first-order valence-electron chi connectivity index (χ1n) is 13.6. The van der Waals surface area contributed by atoms with Gasteiger partial charge in [-0.25, -0.2) is 10.5 Å². The molecule has 0 radical (unpaired) electrons. The molecule has 0 spiro atoms. The van der Waals surface area contributed by atoms with E-state index < -0.39 is 0 Å². The minimum atomic E-state index is 0.376. The van der Waals surface area contributed by atoms with Crippen LogP contribution in [0.15, 0.2) is 41.3 Å². The van der Waals surface area contributed by atoms with Gasteiger partial charge in [-0.2, -0.15) is 10.1 Å². The molecule has 6 N–H and O–H groups in total. The van der Waals surface area contributed by atoms with Gasteiger partial charge in [-0.3, -0.25) is 4.90 Å². The summed E-state index contributed by atoms with van der Waals surface area (Å²) in [5, 5.41) is 21.7. The molecule has 1 aromatic carbocycles. The highest BCUT2D eigenvalue weighted by Gasteiger charge is 2.16. The Morgan fingerprint density at radius 2 is 1.92 bits per heavy atom. The van der Waals surface area contributed by atoms with E-state index in [1.54, 1.807) is 6.20 Å². The second kappa shape index (κ2) is 15.4. The zero-order valence-corrected chi connectivity index (χ0v) is 21.8. The Morgan fingerprint density at radius 1 is 1.11 bits per heavy atom. The standard InChI is InChI=1S/C26H42N10O/c27-35-22(19-30-10-3-9-28-11-4-14-36-15-17-37-18-16-36)20-31-26-33-24-6-2-1-5-23(24)25(34-26)32-21-7-12-29-13-8-21/h1-2,5-6,19,21,27-30H,3-4,7-18,20H2,(H2,31,32,33,34)/b22-19-,35-27?. The van der Waals surface area contributed by atoms with Crippen molar-refractivity contribution in [3.8, 4) is 0 Å². The third-order valence-corrected chi connectivity index (χ3v) is 6.73. The molecule has 11 heteroatoms. The predicted octanol–water partition coefficient (Wildman–Crippen LogP) is 2.37. The van der Waals surface area contributed by atoms with Crippen molar-refractivity contribution in [3.63, 3.8) is 0 Å². The summed E-state index contributed by atoms with van der Waals surface area (Å²) < 4.78 is 5.39. The normalized spacial score (nSPS) is 17.6. The molecule has 2 saturated heterocycles. The maximum atomic E-state index is 7.54. The molecule has 0 amide bonds. The van der Waals surface area contributed by atoms with Crippen LogP contribution >= 0.6 is 0 Å². The van der Waals surface area contributed by atoms with Crippen molar-refractivity contribution in [2.75, 3.05) is 82.8 Å². The van der Waals surface area contributed by atoms with Crippen LogP contribution in [0.1, 0.15) is 25.7 Å². The van der Waals surface area contributed by atoms with Crippen molar-refractivity contribution in [1.82, 2.24) is 30.8 Å². The molecule has 4 rings (SSSR count). The van der Waals surface area contributed by atoms with Crippen LogP contribution < -0.4 is 26.6 Å². The number of piperidine rings is 1. The molecular weight excluding hydrogens is 468 g/mol. The number of aromatic nitrogens is 2. The Morgan fingerprint density at radius 3 is 2.76 bits per heavy atom. The molecule has 0 aliphatic carbocycles. The molecule has 2 aromatic rings. The number of anilines is 2. The Balaban J connectivity index is 1.18. The van der Waals surface area contributed by atoms with Crippen LogP contribution in [0.3, 0.4) is 0 Å². The van der Waals surface area contributed by atoms with Crippen molar-refractivity contribution < 1.29 is 4.74 Å². The lowest BCUT2D eigenvalue weighted by molar-refractivity contribution is 0.0374. The number of hydrogen-bond donors (Lipinski definition) is 6. The summed E-state index contributed by atoms with van der Waals surface area (Å²) in [5.74, 6) is 1.38. The van der Waals surface area contributed by atoms with Gasteiger partial charge in [-0.15, -0.1) is 0 Å². The van der Waals surface area contributed by atoms with Gasteiger partial charge >= 0.3 is 0 Å². The third-order valence-electron chi connectivity index (χ3n) is 6.73. The summed E-state index contributed by atoms with van der Waals surface area (Å²) in [6.45, 7) is 10.2. The number of benzene rings is 1. The van der Waals surface area contributed by atoms with Gasteiger partial charge < -0.3 is 31.3 Å². The van der Waals surface area contributed by atoms with Gasteiger partial charge in [-0.1, -0.05) is 12.1 Å². The van der Waals surface area contributed by atoms with Gasteiger partial charge in [0.2, 0.25) is 5.95 Å². The van der Waals surface area contributed by atoms with Crippen LogP contribution in [0, 0.1) is 5.53 Å². The number of para-hydroxylation sites is 1. The predicted molar refractivity (Wildman–Crippen MR) is 148 cm³/mol. The number of nitrogens with zero attached hydrogens (tertiary/aromatic N) is 4. The molecular formula is C26H42N10O. The number of morpholine rings is 1. The van der Waals surface area contributed by atoms with Crippen LogP contribution in [0.4, 0.5) is 11.8 Å². The minimum Gasteiger partial charge on any atom is -0.389 e. The lowest BCUT2D eigenvalue weighted by Crippen LogP contribution is -2.37. The highest BCUT2D eigenvalue weighted by atomic mass is 16.5. The SMILES string of the molecule is N=N/C(=C\NCCCNCCCN1CCOCC1)CNc1nc(NC2CCNCC2)c2ccccc2n1. The van der Waals surface area contributed by atoms with Crippen LogP contribution in [-0.2, 0) is 4.74 Å². The summed E-state index contributed by atoms with van der Waals surface area (Å²) in [6, 6.07) is 8.45. The summed E-state index contributed by atoms with van der Waals surface area (Å²) in [5.41, 5.74) is 9.03. The summed E-state index contributed by atoms with van der Waals surface area (Å²) in [6.07, 6.45) is 6.11. The average Bonchev–Trinajstić information content (AvgIpc) is 2.95. The fourth-order valence-corrected chi connectivity index (χ4v) is 4.60. The smallest absolute Gasteiger partial charge is 0.225 e. The minimum absolute atomic E-state index is 0.376. The number of nitrogens with one attached hydrogen (secondary N) is 6. The first kappa shape index (κ1) is 27.2. The van der Waals surface area contributed by atoms with Crippen molar-refractivity contribution in [3.05, 3.63) is 36.2 Å². The Hall–Kier alpha value is -2.86. The molecule has 2 aliphatic rings. The third kappa shape index (κ3) is 9.19. The highest BCUT2D eigenvalue weighted by molar-refractivity contribution is 5.90. The molecule has 0 unspecified atom stereocenters.